The van der Waals surface area contributed by atoms with E-state index in [1.165, 1.54) is 250 Å². The fourth-order valence-corrected chi connectivity index (χ4v) is 8.35. The van der Waals surface area contributed by atoms with Gasteiger partial charge in [0.1, 0.15) is 0 Å². The fourth-order valence-electron chi connectivity index (χ4n) is 8.35. The number of unbranched alkanes of at least 4 members (excludes halogenated alkanes) is 40. The molecule has 58 heavy (non-hydrogen) atoms. The summed E-state index contributed by atoms with van der Waals surface area (Å²) >= 11 is 0. The zero-order chi connectivity index (χ0) is 42.1. The van der Waals surface area contributed by atoms with Crippen LogP contribution in [-0.4, -0.2) is 34.9 Å². The van der Waals surface area contributed by atoms with Crippen molar-refractivity contribution in [2.75, 3.05) is 6.61 Å². The van der Waals surface area contributed by atoms with Gasteiger partial charge in [-0.15, -0.1) is 0 Å². The number of hydrogen-bond donors (Lipinski definition) is 3. The molecule has 0 heterocycles. The van der Waals surface area contributed by atoms with Crippen LogP contribution in [0, 0.1) is 0 Å². The third-order valence-corrected chi connectivity index (χ3v) is 12.4. The Labute approximate surface area is 364 Å². The second-order valence-corrected chi connectivity index (χ2v) is 18.3. The topological polar surface area (TPSA) is 69.6 Å². The Morgan fingerprint density at radius 1 is 0.397 bits per heavy atom. The van der Waals surface area contributed by atoms with Gasteiger partial charge in [0.05, 0.1) is 18.8 Å². The quantitative estimate of drug-likeness (QED) is 0.0423. The highest BCUT2D eigenvalue weighted by molar-refractivity contribution is 5.76. The second-order valence-electron chi connectivity index (χ2n) is 18.3. The number of carbonyl (C=O) groups excluding carboxylic acids is 1. The third kappa shape index (κ3) is 45.9. The van der Waals surface area contributed by atoms with Gasteiger partial charge < -0.3 is 15.5 Å². The minimum atomic E-state index is -0.837. The van der Waals surface area contributed by atoms with E-state index in [0.29, 0.717) is 6.42 Å². The lowest BCUT2D eigenvalue weighted by Gasteiger charge is -2.20. The molecule has 0 aliphatic heterocycles. The van der Waals surface area contributed by atoms with Gasteiger partial charge in [0.25, 0.3) is 0 Å². The molecule has 0 aromatic rings. The van der Waals surface area contributed by atoms with Crippen molar-refractivity contribution in [3.63, 3.8) is 0 Å². The van der Waals surface area contributed by atoms with E-state index in [9.17, 15) is 15.0 Å². The van der Waals surface area contributed by atoms with Crippen LogP contribution < -0.4 is 5.32 Å². The third-order valence-electron chi connectivity index (χ3n) is 12.4. The number of hydrogen-bond acceptors (Lipinski definition) is 3. The van der Waals surface area contributed by atoms with Gasteiger partial charge in [-0.05, 0) is 44.9 Å². The van der Waals surface area contributed by atoms with Gasteiger partial charge in [-0.25, -0.2) is 0 Å². The maximum absolute atomic E-state index is 12.4. The predicted octanol–water partition coefficient (Wildman–Crippen LogP) is 17.1. The number of allylic oxidation sites excluding steroid dienone is 3. The predicted molar refractivity (Wildman–Crippen MR) is 258 cm³/mol. The van der Waals surface area contributed by atoms with Crippen LogP contribution in [-0.2, 0) is 4.79 Å². The van der Waals surface area contributed by atoms with Crippen LogP contribution in [0.4, 0.5) is 0 Å². The van der Waals surface area contributed by atoms with Crippen molar-refractivity contribution in [3.05, 3.63) is 24.3 Å². The Kier molecular flexibility index (Phi) is 49.2. The molecule has 0 rings (SSSR count). The molecule has 0 saturated carbocycles. The molecular weight excluding hydrogens is 711 g/mol. The highest BCUT2D eigenvalue weighted by Gasteiger charge is 2.18. The molecule has 2 unspecified atom stereocenters. The molecule has 0 fully saturated rings. The van der Waals surface area contributed by atoms with Crippen LogP contribution >= 0.6 is 0 Å². The Morgan fingerprint density at radius 3 is 0.948 bits per heavy atom. The van der Waals surface area contributed by atoms with Crippen molar-refractivity contribution in [2.45, 2.75) is 309 Å². The monoisotopic (exact) mass is 816 g/mol. The molecule has 4 nitrogen and oxygen atoms in total. The maximum Gasteiger partial charge on any atom is 0.220 e. The van der Waals surface area contributed by atoms with Gasteiger partial charge >= 0.3 is 0 Å². The van der Waals surface area contributed by atoms with Gasteiger partial charge in [-0.1, -0.05) is 269 Å². The summed E-state index contributed by atoms with van der Waals surface area (Å²) in [6, 6.07) is -0.620. The van der Waals surface area contributed by atoms with E-state index in [-0.39, 0.29) is 12.5 Å². The molecule has 1 amide bonds. The van der Waals surface area contributed by atoms with E-state index in [1.807, 2.05) is 6.08 Å². The largest absolute Gasteiger partial charge is 0.394 e. The summed E-state index contributed by atoms with van der Waals surface area (Å²) in [5.41, 5.74) is 0. The maximum atomic E-state index is 12.4. The average molecular weight is 816 g/mol. The molecule has 0 aromatic heterocycles. The zero-order valence-corrected chi connectivity index (χ0v) is 39.6. The van der Waals surface area contributed by atoms with Crippen LogP contribution in [0.25, 0.3) is 0 Å². The van der Waals surface area contributed by atoms with Gasteiger partial charge in [-0.2, -0.15) is 0 Å². The molecule has 4 heteroatoms. The first-order chi connectivity index (χ1) is 28.7. The summed E-state index contributed by atoms with van der Waals surface area (Å²) in [5, 5.41) is 23.1. The Hall–Kier alpha value is -1.13. The van der Waals surface area contributed by atoms with Crippen molar-refractivity contribution in [1.29, 1.82) is 0 Å². The number of aliphatic hydroxyl groups is 2. The van der Waals surface area contributed by atoms with E-state index in [2.05, 4.69) is 31.3 Å². The Balaban J connectivity index is 3.46. The van der Waals surface area contributed by atoms with E-state index < -0.39 is 12.1 Å². The number of rotatable bonds is 49. The van der Waals surface area contributed by atoms with Crippen LogP contribution in [0.3, 0.4) is 0 Å². The molecule has 0 spiro atoms. The van der Waals surface area contributed by atoms with Gasteiger partial charge in [0, 0.05) is 6.42 Å². The summed E-state index contributed by atoms with van der Waals surface area (Å²) in [7, 11) is 0. The molecule has 344 valence electrons. The van der Waals surface area contributed by atoms with Crippen LogP contribution in [0.5, 0.6) is 0 Å². The minimum absolute atomic E-state index is 0.0598. The smallest absolute Gasteiger partial charge is 0.220 e. The van der Waals surface area contributed by atoms with Crippen molar-refractivity contribution >= 4 is 5.91 Å². The van der Waals surface area contributed by atoms with Gasteiger partial charge in [0.15, 0.2) is 0 Å². The molecule has 2 atom stereocenters. The summed E-state index contributed by atoms with van der Waals surface area (Å²) < 4.78 is 0. The minimum Gasteiger partial charge on any atom is -0.394 e. The standard InChI is InChI=1S/C54H105NO3/c1-3-5-7-9-11-13-15-17-19-21-22-23-24-25-26-27-28-29-30-31-32-34-36-38-40-42-44-46-48-50-54(58)55-52(51-56)53(57)49-47-45-43-41-39-37-35-33-20-18-16-14-12-10-8-6-4-2/h25-26,47,49,52-53,56-57H,3-24,27-46,48,50-51H2,1-2H3,(H,55,58)/b26-25-,49-47+. The normalized spacial score (nSPS) is 13.0. The lowest BCUT2D eigenvalue weighted by molar-refractivity contribution is -0.123. The number of carbonyl (C=O) groups is 1. The SMILES string of the molecule is CCCCCCCCCCCCCC/C=C\CCCCCCCCCCCCCCCC(=O)NC(CO)C(O)/C=C/CCCCCCCCCCCCCCCCC. The second kappa shape index (κ2) is 50.2. The Morgan fingerprint density at radius 2 is 0.655 bits per heavy atom. The van der Waals surface area contributed by atoms with E-state index >= 15 is 0 Å². The summed E-state index contributed by atoms with van der Waals surface area (Å²) in [4.78, 5) is 12.4. The van der Waals surface area contributed by atoms with Crippen molar-refractivity contribution in [1.82, 2.24) is 5.32 Å². The molecule has 0 aromatic carbocycles. The van der Waals surface area contributed by atoms with Crippen LogP contribution in [0.2, 0.25) is 0 Å². The van der Waals surface area contributed by atoms with Crippen LogP contribution in [0.15, 0.2) is 24.3 Å². The van der Waals surface area contributed by atoms with Crippen LogP contribution in [0.1, 0.15) is 296 Å². The fraction of sp³-hybridized carbons (Fsp3) is 0.907. The highest BCUT2D eigenvalue weighted by atomic mass is 16.3. The van der Waals surface area contributed by atoms with Crippen molar-refractivity contribution < 1.29 is 15.0 Å². The molecule has 0 saturated heterocycles. The van der Waals surface area contributed by atoms with Crippen molar-refractivity contribution in [3.8, 4) is 0 Å². The molecule has 0 bridgehead atoms. The summed E-state index contributed by atoms with van der Waals surface area (Å²) in [5.74, 6) is -0.0598. The number of aliphatic hydroxyl groups excluding tert-OH is 2. The first-order valence-electron chi connectivity index (χ1n) is 26.6. The lowest BCUT2D eigenvalue weighted by Crippen LogP contribution is -2.45. The van der Waals surface area contributed by atoms with Gasteiger partial charge in [0.2, 0.25) is 5.91 Å². The van der Waals surface area contributed by atoms with E-state index in [0.717, 1.165) is 25.7 Å². The highest BCUT2D eigenvalue weighted by Crippen LogP contribution is 2.17. The summed E-state index contributed by atoms with van der Waals surface area (Å²) in [6.07, 6.45) is 66.1. The van der Waals surface area contributed by atoms with E-state index in [4.69, 9.17) is 0 Å². The molecular formula is C54H105NO3. The molecule has 3 N–H and O–H groups in total. The van der Waals surface area contributed by atoms with Gasteiger partial charge in [-0.3, -0.25) is 4.79 Å². The molecule has 0 radical (unpaired) electrons. The molecule has 0 aliphatic rings. The van der Waals surface area contributed by atoms with E-state index in [1.54, 1.807) is 6.08 Å². The Bertz CT molecular complexity index is 840. The number of nitrogens with one attached hydrogen (secondary N) is 1. The number of amides is 1. The summed E-state index contributed by atoms with van der Waals surface area (Å²) in [6.45, 7) is 4.34. The van der Waals surface area contributed by atoms with Crippen molar-refractivity contribution in [2.24, 2.45) is 0 Å². The zero-order valence-electron chi connectivity index (χ0n) is 39.6. The molecule has 0 aliphatic carbocycles. The lowest BCUT2D eigenvalue weighted by atomic mass is 10.0. The first-order valence-corrected chi connectivity index (χ1v) is 26.6. The average Bonchev–Trinajstić information content (AvgIpc) is 3.23. The first kappa shape index (κ1) is 56.9.